The van der Waals surface area contributed by atoms with E-state index in [9.17, 15) is 4.79 Å². The number of nitriles is 1. The van der Waals surface area contributed by atoms with Crippen molar-refractivity contribution in [1.82, 2.24) is 4.90 Å². The molecule has 0 saturated carbocycles. The van der Waals surface area contributed by atoms with Gasteiger partial charge in [0.2, 0.25) is 0 Å². The molecule has 0 bridgehead atoms. The van der Waals surface area contributed by atoms with Crippen molar-refractivity contribution < 1.29 is 14.3 Å². The summed E-state index contributed by atoms with van der Waals surface area (Å²) in [6.07, 6.45) is 0.298. The normalized spacial score (nSPS) is 11.4. The Morgan fingerprint density at radius 3 is 2.45 bits per heavy atom. The minimum absolute atomic E-state index is 0.141. The third-order valence-electron chi connectivity index (χ3n) is 3.07. The fraction of sp³-hybridized carbons (Fsp3) is 0.429. The van der Waals surface area contributed by atoms with Gasteiger partial charge in [-0.2, -0.15) is 5.26 Å². The van der Waals surface area contributed by atoms with Crippen molar-refractivity contribution in [2.75, 3.05) is 21.3 Å². The fourth-order valence-electron chi connectivity index (χ4n) is 1.68. The van der Waals surface area contributed by atoms with Crippen molar-refractivity contribution in [1.29, 1.82) is 5.26 Å². The molecule has 1 aromatic carbocycles. The highest BCUT2D eigenvalue weighted by atomic mass is 127. The number of amides is 1. The molecule has 0 aliphatic carbocycles. The summed E-state index contributed by atoms with van der Waals surface area (Å²) in [6, 6.07) is 5.35. The average molecular weight is 388 g/mol. The second kappa shape index (κ2) is 7.33. The van der Waals surface area contributed by atoms with Crippen molar-refractivity contribution in [3.8, 4) is 17.6 Å². The molecule has 20 heavy (non-hydrogen) atoms. The summed E-state index contributed by atoms with van der Waals surface area (Å²) < 4.78 is 11.2. The molecule has 1 atom stereocenters. The Hall–Kier alpha value is -1.49. The average Bonchev–Trinajstić information content (AvgIpc) is 2.45. The van der Waals surface area contributed by atoms with E-state index in [1.807, 2.05) is 6.92 Å². The van der Waals surface area contributed by atoms with Gasteiger partial charge in [-0.15, -0.1) is 0 Å². The number of methoxy groups -OCH3 is 2. The molecule has 0 spiro atoms. The van der Waals surface area contributed by atoms with E-state index in [1.54, 1.807) is 31.2 Å². The third kappa shape index (κ3) is 3.54. The predicted molar refractivity (Wildman–Crippen MR) is 84.0 cm³/mol. The Morgan fingerprint density at radius 1 is 1.40 bits per heavy atom. The molecule has 0 heterocycles. The fourth-order valence-corrected chi connectivity index (χ4v) is 2.35. The minimum atomic E-state index is -0.142. The molecule has 0 N–H and O–H groups in total. The number of carbonyl (C=O) groups excluding carboxylic acids is 1. The van der Waals surface area contributed by atoms with Crippen LogP contribution in [0.25, 0.3) is 0 Å². The van der Waals surface area contributed by atoms with Crippen molar-refractivity contribution in [2.45, 2.75) is 19.4 Å². The first kappa shape index (κ1) is 16.6. The smallest absolute Gasteiger partial charge is 0.255 e. The highest BCUT2D eigenvalue weighted by molar-refractivity contribution is 14.1. The van der Waals surface area contributed by atoms with E-state index in [1.165, 1.54) is 7.11 Å². The first-order chi connectivity index (χ1) is 9.46. The third-order valence-corrected chi connectivity index (χ3v) is 3.96. The number of hydrogen-bond donors (Lipinski definition) is 0. The van der Waals surface area contributed by atoms with Crippen LogP contribution < -0.4 is 9.47 Å². The number of nitrogens with zero attached hydrogens (tertiary/aromatic N) is 2. The Bertz CT molecular complexity index is 540. The summed E-state index contributed by atoms with van der Waals surface area (Å²) in [5.74, 6) is 0.955. The van der Waals surface area contributed by atoms with E-state index < -0.39 is 0 Å². The van der Waals surface area contributed by atoms with Gasteiger partial charge in [0, 0.05) is 16.7 Å². The topological polar surface area (TPSA) is 62.6 Å². The number of halogens is 1. The van der Waals surface area contributed by atoms with E-state index in [2.05, 4.69) is 28.7 Å². The first-order valence-corrected chi connectivity index (χ1v) is 7.09. The van der Waals surface area contributed by atoms with Crippen molar-refractivity contribution >= 4 is 28.5 Å². The van der Waals surface area contributed by atoms with Crippen molar-refractivity contribution in [2.24, 2.45) is 0 Å². The maximum absolute atomic E-state index is 12.5. The highest BCUT2D eigenvalue weighted by Crippen LogP contribution is 2.32. The molecule has 1 aromatic rings. The SMILES string of the molecule is COc1cc(I)c(C(=O)N(C)C(C)CC#N)cc1OC. The summed E-state index contributed by atoms with van der Waals surface area (Å²) in [4.78, 5) is 14.0. The summed E-state index contributed by atoms with van der Waals surface area (Å²) in [7, 11) is 4.77. The molecule has 1 unspecified atom stereocenters. The van der Waals surface area contributed by atoms with Crippen molar-refractivity contribution in [3.63, 3.8) is 0 Å². The maximum atomic E-state index is 12.5. The highest BCUT2D eigenvalue weighted by Gasteiger charge is 2.21. The minimum Gasteiger partial charge on any atom is -0.493 e. The lowest BCUT2D eigenvalue weighted by atomic mass is 10.1. The lowest BCUT2D eigenvalue weighted by Crippen LogP contribution is -2.35. The number of rotatable bonds is 5. The lowest BCUT2D eigenvalue weighted by Gasteiger charge is -2.24. The Morgan fingerprint density at radius 2 is 1.95 bits per heavy atom. The van der Waals surface area contributed by atoms with Gasteiger partial charge < -0.3 is 14.4 Å². The van der Waals surface area contributed by atoms with Crippen LogP contribution in [0.2, 0.25) is 0 Å². The quantitative estimate of drug-likeness (QED) is 0.728. The van der Waals surface area contributed by atoms with Crippen LogP contribution in [-0.2, 0) is 0 Å². The molecule has 0 radical (unpaired) electrons. The van der Waals surface area contributed by atoms with Crippen LogP contribution in [-0.4, -0.2) is 38.1 Å². The van der Waals surface area contributed by atoms with Gasteiger partial charge in [-0.25, -0.2) is 0 Å². The van der Waals surface area contributed by atoms with E-state index in [0.29, 0.717) is 23.5 Å². The molecular weight excluding hydrogens is 371 g/mol. The van der Waals surface area contributed by atoms with Gasteiger partial charge in [0.05, 0.1) is 32.3 Å². The van der Waals surface area contributed by atoms with E-state index in [0.717, 1.165) is 3.57 Å². The maximum Gasteiger partial charge on any atom is 0.255 e. The van der Waals surface area contributed by atoms with Gasteiger partial charge >= 0.3 is 0 Å². The molecule has 0 aliphatic rings. The molecule has 1 rings (SSSR count). The largest absolute Gasteiger partial charge is 0.493 e. The zero-order chi connectivity index (χ0) is 15.3. The van der Waals surface area contributed by atoms with Crippen LogP contribution in [0.5, 0.6) is 11.5 Å². The number of ether oxygens (including phenoxy) is 2. The molecule has 1 amide bonds. The summed E-state index contributed by atoms with van der Waals surface area (Å²) in [6.45, 7) is 1.84. The summed E-state index contributed by atoms with van der Waals surface area (Å²) >= 11 is 2.09. The van der Waals surface area contributed by atoms with E-state index in [-0.39, 0.29) is 11.9 Å². The van der Waals surface area contributed by atoms with Crippen LogP contribution >= 0.6 is 22.6 Å². The molecule has 5 nitrogen and oxygen atoms in total. The predicted octanol–water partition coefficient (Wildman–Crippen LogP) is 2.68. The monoisotopic (exact) mass is 388 g/mol. The number of benzene rings is 1. The Kier molecular flexibility index (Phi) is 6.07. The second-order valence-corrected chi connectivity index (χ2v) is 5.48. The standard InChI is InChI=1S/C14H17IN2O3/c1-9(5-6-16)17(2)14(18)10-7-12(19-3)13(20-4)8-11(10)15/h7-9H,5H2,1-4H3. The molecule has 108 valence electrons. The molecule has 0 aromatic heterocycles. The van der Waals surface area contributed by atoms with Crippen molar-refractivity contribution in [3.05, 3.63) is 21.3 Å². The molecule has 0 fully saturated rings. The zero-order valence-corrected chi connectivity index (χ0v) is 14.1. The first-order valence-electron chi connectivity index (χ1n) is 6.01. The van der Waals surface area contributed by atoms with Crippen LogP contribution in [0.3, 0.4) is 0 Å². The van der Waals surface area contributed by atoms with Gasteiger partial charge in [0.15, 0.2) is 11.5 Å². The van der Waals surface area contributed by atoms with Crippen LogP contribution in [0.4, 0.5) is 0 Å². The zero-order valence-electron chi connectivity index (χ0n) is 11.9. The van der Waals surface area contributed by atoms with Gasteiger partial charge in [0.25, 0.3) is 5.91 Å². The summed E-state index contributed by atoms with van der Waals surface area (Å²) in [5, 5.41) is 8.72. The number of carbonyl (C=O) groups is 1. The molecular formula is C14H17IN2O3. The van der Waals surface area contributed by atoms with Crippen LogP contribution in [0.15, 0.2) is 12.1 Å². The lowest BCUT2D eigenvalue weighted by molar-refractivity contribution is 0.0744. The molecule has 0 aliphatic heterocycles. The molecule has 6 heteroatoms. The molecule has 0 saturated heterocycles. The second-order valence-electron chi connectivity index (χ2n) is 4.31. The van der Waals surface area contributed by atoms with Gasteiger partial charge in [-0.1, -0.05) is 0 Å². The van der Waals surface area contributed by atoms with Crippen LogP contribution in [0.1, 0.15) is 23.7 Å². The number of hydrogen-bond acceptors (Lipinski definition) is 4. The van der Waals surface area contributed by atoms with E-state index >= 15 is 0 Å². The Balaban J connectivity index is 3.13. The van der Waals surface area contributed by atoms with Gasteiger partial charge in [-0.3, -0.25) is 4.79 Å². The summed E-state index contributed by atoms with van der Waals surface area (Å²) in [5.41, 5.74) is 0.538. The van der Waals surface area contributed by atoms with E-state index in [4.69, 9.17) is 14.7 Å². The van der Waals surface area contributed by atoms with Crippen LogP contribution in [0, 0.1) is 14.9 Å². The Labute approximate surface area is 132 Å². The van der Waals surface area contributed by atoms with Gasteiger partial charge in [0.1, 0.15) is 0 Å². The van der Waals surface area contributed by atoms with Gasteiger partial charge in [-0.05, 0) is 41.6 Å².